The molecule has 25 heavy (non-hydrogen) atoms. The van der Waals surface area contributed by atoms with E-state index in [2.05, 4.69) is 9.97 Å². The van der Waals surface area contributed by atoms with E-state index < -0.39 is 5.97 Å². The molecule has 0 bridgehead atoms. The lowest BCUT2D eigenvalue weighted by atomic mass is 10.2. The molecule has 1 aromatic heterocycles. The smallest absolute Gasteiger partial charge is 0.342 e. The lowest BCUT2D eigenvalue weighted by molar-refractivity contribution is -0.131. The van der Waals surface area contributed by atoms with Gasteiger partial charge in [0.2, 0.25) is 0 Å². The van der Waals surface area contributed by atoms with Gasteiger partial charge in [-0.15, -0.1) is 0 Å². The van der Waals surface area contributed by atoms with Crippen LogP contribution in [-0.2, 0) is 4.79 Å². The van der Waals surface area contributed by atoms with E-state index in [0.717, 1.165) is 28.4 Å². The molecule has 0 aliphatic rings. The van der Waals surface area contributed by atoms with E-state index in [1.807, 2.05) is 62.4 Å². The molecule has 0 saturated carbocycles. The number of hydrogen-bond acceptors (Lipinski definition) is 4. The second-order valence-corrected chi connectivity index (χ2v) is 6.71. The Morgan fingerprint density at radius 1 is 1.20 bits per heavy atom. The lowest BCUT2D eigenvalue weighted by Gasteiger charge is -2.12. The molecule has 3 rings (SSSR count). The Balaban J connectivity index is 1.93. The number of H-pyrrole nitrogens is 1. The van der Waals surface area contributed by atoms with E-state index in [4.69, 9.17) is 4.74 Å². The van der Waals surface area contributed by atoms with Gasteiger partial charge in [0.15, 0.2) is 5.16 Å². The molecule has 0 aliphatic carbocycles. The van der Waals surface area contributed by atoms with Gasteiger partial charge in [0.05, 0.1) is 17.1 Å². The maximum Gasteiger partial charge on any atom is 0.342 e. The van der Waals surface area contributed by atoms with E-state index in [9.17, 15) is 9.90 Å². The molecule has 2 aromatic carbocycles. The minimum absolute atomic E-state index is 0.00542. The molecule has 128 valence electrons. The van der Waals surface area contributed by atoms with Crippen LogP contribution in [0.5, 0.6) is 5.75 Å². The highest BCUT2D eigenvalue weighted by Gasteiger charge is 2.14. The fourth-order valence-corrected chi connectivity index (χ4v) is 3.11. The van der Waals surface area contributed by atoms with Crippen LogP contribution in [0, 0.1) is 0 Å². The zero-order chi connectivity index (χ0) is 17.8. The summed E-state index contributed by atoms with van der Waals surface area (Å²) < 4.78 is 5.75. The predicted molar refractivity (Wildman–Crippen MR) is 99.8 cm³/mol. The van der Waals surface area contributed by atoms with Crippen LogP contribution in [0.25, 0.3) is 17.1 Å². The van der Waals surface area contributed by atoms with E-state index in [1.165, 1.54) is 0 Å². The monoisotopic (exact) mass is 354 g/mol. The molecule has 2 N–H and O–H groups in total. The van der Waals surface area contributed by atoms with Crippen molar-refractivity contribution in [1.82, 2.24) is 9.97 Å². The van der Waals surface area contributed by atoms with Gasteiger partial charge in [0.1, 0.15) is 10.7 Å². The number of para-hydroxylation sites is 3. The van der Waals surface area contributed by atoms with E-state index >= 15 is 0 Å². The predicted octanol–water partition coefficient (Wildman–Crippen LogP) is 4.57. The summed E-state index contributed by atoms with van der Waals surface area (Å²) in [5.41, 5.74) is 2.40. The maximum atomic E-state index is 11.7. The number of benzene rings is 2. The van der Waals surface area contributed by atoms with Crippen molar-refractivity contribution in [1.29, 1.82) is 0 Å². The molecule has 5 nitrogen and oxygen atoms in total. The van der Waals surface area contributed by atoms with Crippen LogP contribution in [0.1, 0.15) is 19.4 Å². The minimum Gasteiger partial charge on any atom is -0.490 e. The van der Waals surface area contributed by atoms with Gasteiger partial charge in [-0.2, -0.15) is 0 Å². The molecule has 0 radical (unpaired) electrons. The first kappa shape index (κ1) is 17.1. The number of aliphatic carboxylic acids is 1. The minimum atomic E-state index is -1.01. The van der Waals surface area contributed by atoms with E-state index in [1.54, 1.807) is 6.08 Å². The van der Waals surface area contributed by atoms with Crippen molar-refractivity contribution in [2.75, 3.05) is 0 Å². The molecule has 0 saturated heterocycles. The molecular weight excluding hydrogens is 336 g/mol. The number of nitrogens with one attached hydrogen (secondary N) is 1. The van der Waals surface area contributed by atoms with Gasteiger partial charge < -0.3 is 14.8 Å². The van der Waals surface area contributed by atoms with Crippen molar-refractivity contribution in [2.45, 2.75) is 25.1 Å². The van der Waals surface area contributed by atoms with E-state index in [-0.39, 0.29) is 11.0 Å². The van der Waals surface area contributed by atoms with Crippen molar-refractivity contribution < 1.29 is 14.6 Å². The number of carboxylic acid groups (broad SMARTS) is 1. The molecule has 3 aromatic rings. The van der Waals surface area contributed by atoms with Gasteiger partial charge in [-0.1, -0.05) is 30.3 Å². The Morgan fingerprint density at radius 2 is 1.92 bits per heavy atom. The fourth-order valence-electron chi connectivity index (χ4n) is 2.32. The summed E-state index contributed by atoms with van der Waals surface area (Å²) in [4.78, 5) is 19.4. The summed E-state index contributed by atoms with van der Waals surface area (Å²) in [5.74, 6) is -0.355. The number of fused-ring (bicyclic) bond motifs is 1. The average Bonchev–Trinajstić information content (AvgIpc) is 2.97. The molecule has 0 spiro atoms. The topological polar surface area (TPSA) is 75.2 Å². The summed E-state index contributed by atoms with van der Waals surface area (Å²) in [5, 5.41) is 10.1. The van der Waals surface area contributed by atoms with Crippen LogP contribution in [0.4, 0.5) is 0 Å². The van der Waals surface area contributed by atoms with Gasteiger partial charge >= 0.3 is 5.97 Å². The zero-order valence-electron chi connectivity index (χ0n) is 13.9. The molecule has 0 aliphatic heterocycles. The molecule has 0 amide bonds. The van der Waals surface area contributed by atoms with Gasteiger partial charge in [-0.05, 0) is 49.9 Å². The first-order valence-corrected chi connectivity index (χ1v) is 8.68. The first-order valence-electron chi connectivity index (χ1n) is 7.86. The summed E-state index contributed by atoms with van der Waals surface area (Å²) in [6.45, 7) is 3.86. The maximum absolute atomic E-state index is 11.7. The highest BCUT2D eigenvalue weighted by molar-refractivity contribution is 8.04. The summed E-state index contributed by atoms with van der Waals surface area (Å²) in [6, 6.07) is 15.0. The number of carboxylic acids is 1. The van der Waals surface area contributed by atoms with Crippen molar-refractivity contribution in [3.63, 3.8) is 0 Å². The summed E-state index contributed by atoms with van der Waals surface area (Å²) >= 11 is 1.08. The number of carbonyl (C=O) groups is 1. The molecular formula is C19H18N2O3S. The molecule has 6 heteroatoms. The Labute approximate surface area is 149 Å². The van der Waals surface area contributed by atoms with Crippen LogP contribution >= 0.6 is 11.8 Å². The Morgan fingerprint density at radius 3 is 2.64 bits per heavy atom. The second kappa shape index (κ2) is 7.44. The SMILES string of the molecule is CC(C)Oc1ccccc1/C=C(\Sc1nc2ccccc2[nH]1)C(=O)O. The Kier molecular flexibility index (Phi) is 5.09. The van der Waals surface area contributed by atoms with Gasteiger partial charge in [0, 0.05) is 5.56 Å². The van der Waals surface area contributed by atoms with Crippen molar-refractivity contribution >= 4 is 34.8 Å². The number of ether oxygens (including phenoxy) is 1. The second-order valence-electron chi connectivity index (χ2n) is 5.68. The van der Waals surface area contributed by atoms with Crippen LogP contribution in [0.2, 0.25) is 0 Å². The van der Waals surface area contributed by atoms with Crippen molar-refractivity contribution in [3.8, 4) is 5.75 Å². The quantitative estimate of drug-likeness (QED) is 0.501. The largest absolute Gasteiger partial charge is 0.490 e. The fraction of sp³-hybridized carbons (Fsp3) is 0.158. The summed E-state index contributed by atoms with van der Waals surface area (Å²) in [6.07, 6.45) is 1.61. The third-order valence-corrected chi connectivity index (χ3v) is 4.25. The third-order valence-electron chi connectivity index (χ3n) is 3.35. The van der Waals surface area contributed by atoms with Gasteiger partial charge in [0.25, 0.3) is 0 Å². The third kappa shape index (κ3) is 4.22. The number of hydrogen-bond donors (Lipinski definition) is 2. The average molecular weight is 354 g/mol. The Bertz CT molecular complexity index is 898. The van der Waals surface area contributed by atoms with Crippen molar-refractivity contribution in [3.05, 3.63) is 59.0 Å². The van der Waals surface area contributed by atoms with Crippen LogP contribution in [-0.4, -0.2) is 27.1 Å². The molecule has 0 atom stereocenters. The number of thioether (sulfide) groups is 1. The van der Waals surface area contributed by atoms with Gasteiger partial charge in [-0.25, -0.2) is 9.78 Å². The normalized spacial score (nSPS) is 11.9. The summed E-state index contributed by atoms with van der Waals surface area (Å²) in [7, 11) is 0. The number of imidazole rings is 1. The molecule has 0 unspecified atom stereocenters. The van der Waals surface area contributed by atoms with Gasteiger partial charge in [-0.3, -0.25) is 0 Å². The van der Waals surface area contributed by atoms with Crippen LogP contribution < -0.4 is 4.74 Å². The van der Waals surface area contributed by atoms with Crippen LogP contribution in [0.15, 0.2) is 58.6 Å². The standard InChI is InChI=1S/C19H18N2O3S/c1-12(2)24-16-10-6-3-7-13(16)11-17(18(22)23)25-19-20-14-8-4-5-9-15(14)21-19/h3-12H,1-2H3,(H,20,21)(H,22,23)/b17-11-. The molecule has 0 fully saturated rings. The number of aromatic nitrogens is 2. The molecule has 1 heterocycles. The van der Waals surface area contributed by atoms with E-state index in [0.29, 0.717) is 10.9 Å². The number of aromatic amines is 1. The Hall–Kier alpha value is -2.73. The zero-order valence-corrected chi connectivity index (χ0v) is 14.7. The lowest BCUT2D eigenvalue weighted by Crippen LogP contribution is -2.06. The number of nitrogens with zero attached hydrogens (tertiary/aromatic N) is 1. The van der Waals surface area contributed by atoms with Crippen molar-refractivity contribution in [2.24, 2.45) is 0 Å². The highest BCUT2D eigenvalue weighted by Crippen LogP contribution is 2.30. The highest BCUT2D eigenvalue weighted by atomic mass is 32.2. The number of rotatable bonds is 6. The first-order chi connectivity index (χ1) is 12.0. The van der Waals surface area contributed by atoms with Crippen LogP contribution in [0.3, 0.4) is 0 Å².